The van der Waals surface area contributed by atoms with E-state index in [4.69, 9.17) is 15.8 Å². The molecule has 1 heterocycles. The van der Waals surface area contributed by atoms with Crippen LogP contribution in [-0.4, -0.2) is 42.5 Å². The molecule has 0 saturated carbocycles. The molecule has 0 radical (unpaired) electrons. The average molecular weight is 431 g/mol. The molecule has 0 aliphatic carbocycles. The Morgan fingerprint density at radius 2 is 1.77 bits per heavy atom. The molecule has 0 aliphatic rings. The van der Waals surface area contributed by atoms with Crippen LogP contribution in [0.15, 0.2) is 48.5 Å². The SMILES string of the molecule is N=C(NO)c1cccc(C(=O)[AsH]c2ccc3sc(C(=O)NO)cc3c2)c1. The Hall–Kier alpha value is -2.51. The molecule has 0 bridgehead atoms. The second-order valence-corrected chi connectivity index (χ2v) is 9.10. The molecule has 0 saturated heterocycles. The van der Waals surface area contributed by atoms with Crippen molar-refractivity contribution >= 4 is 57.8 Å². The van der Waals surface area contributed by atoms with Crippen molar-refractivity contribution in [2.24, 2.45) is 0 Å². The van der Waals surface area contributed by atoms with Gasteiger partial charge in [0.2, 0.25) is 0 Å². The summed E-state index contributed by atoms with van der Waals surface area (Å²) < 4.78 is 1.81. The topological polar surface area (TPSA) is 123 Å². The first-order chi connectivity index (χ1) is 12.5. The van der Waals surface area contributed by atoms with E-state index in [-0.39, 0.29) is 10.4 Å². The number of hydrogen-bond donors (Lipinski definition) is 5. The summed E-state index contributed by atoms with van der Waals surface area (Å²) in [4.78, 5) is 24.5. The summed E-state index contributed by atoms with van der Waals surface area (Å²) in [6.45, 7) is 0. The Morgan fingerprint density at radius 3 is 2.50 bits per heavy atom. The molecule has 7 nitrogen and oxygen atoms in total. The molecule has 5 N–H and O–H groups in total. The van der Waals surface area contributed by atoms with Crippen molar-refractivity contribution in [1.82, 2.24) is 11.0 Å². The molecular weight excluding hydrogens is 417 g/mol. The van der Waals surface area contributed by atoms with E-state index in [9.17, 15) is 9.59 Å². The summed E-state index contributed by atoms with van der Waals surface area (Å²) >= 11 is 0.135. The summed E-state index contributed by atoms with van der Waals surface area (Å²) in [6.07, 6.45) is 0. The van der Waals surface area contributed by atoms with Crippen LogP contribution in [0.25, 0.3) is 10.1 Å². The van der Waals surface area contributed by atoms with E-state index in [0.717, 1.165) is 14.4 Å². The summed E-state index contributed by atoms with van der Waals surface area (Å²) in [5.41, 5.74) is 4.30. The van der Waals surface area contributed by atoms with Crippen molar-refractivity contribution in [3.63, 3.8) is 0 Å². The second kappa shape index (κ2) is 7.80. The third-order valence-electron chi connectivity index (χ3n) is 3.62. The zero-order valence-corrected chi connectivity index (χ0v) is 16.2. The minimum absolute atomic E-state index is 0.000458. The summed E-state index contributed by atoms with van der Waals surface area (Å²) in [6, 6.07) is 13.9. The third-order valence-corrected chi connectivity index (χ3v) is 7.08. The van der Waals surface area contributed by atoms with Crippen LogP contribution in [0.1, 0.15) is 25.6 Å². The maximum absolute atomic E-state index is 12.6. The second-order valence-electron chi connectivity index (χ2n) is 5.33. The standard InChI is InChI=1S/C17H14AsN3O4S/c19-16(20-24)10-3-1-2-9(6-10)15(22)18-12-4-5-13-11(7-12)8-14(26-13)17(23)21-25/h1-8,18,24-25H,(H2,19,20)(H,21,23). The number of rotatable bonds is 5. The van der Waals surface area contributed by atoms with Crippen LogP contribution in [0.5, 0.6) is 0 Å². The molecule has 1 atom stereocenters. The van der Waals surface area contributed by atoms with E-state index < -0.39 is 21.7 Å². The van der Waals surface area contributed by atoms with Crippen molar-refractivity contribution in [1.29, 1.82) is 5.41 Å². The molecule has 1 unspecified atom stereocenters. The first kappa shape index (κ1) is 18.3. The van der Waals surface area contributed by atoms with Gasteiger partial charge in [0.15, 0.2) is 0 Å². The number of amidine groups is 1. The Kier molecular flexibility index (Phi) is 5.48. The zero-order valence-electron chi connectivity index (χ0n) is 13.2. The van der Waals surface area contributed by atoms with E-state index in [0.29, 0.717) is 16.0 Å². The van der Waals surface area contributed by atoms with E-state index in [1.807, 2.05) is 18.2 Å². The molecule has 1 amide bonds. The fourth-order valence-electron chi connectivity index (χ4n) is 2.37. The predicted octanol–water partition coefficient (Wildman–Crippen LogP) is 1.23. The first-order valence-electron chi connectivity index (χ1n) is 7.40. The van der Waals surface area contributed by atoms with Gasteiger partial charge in [-0.1, -0.05) is 0 Å². The minimum atomic E-state index is -1.13. The van der Waals surface area contributed by atoms with Crippen molar-refractivity contribution in [3.8, 4) is 0 Å². The molecule has 1 aromatic heterocycles. The van der Waals surface area contributed by atoms with Gasteiger partial charge >= 0.3 is 159 Å². The number of hydroxylamine groups is 2. The third kappa shape index (κ3) is 3.84. The first-order valence-corrected chi connectivity index (χ1v) is 10.3. The molecule has 132 valence electrons. The van der Waals surface area contributed by atoms with Gasteiger partial charge in [-0.15, -0.1) is 0 Å². The van der Waals surface area contributed by atoms with E-state index in [1.165, 1.54) is 11.3 Å². The molecule has 0 fully saturated rings. The van der Waals surface area contributed by atoms with Crippen LogP contribution in [0.4, 0.5) is 0 Å². The Bertz CT molecular complexity index is 1020. The fraction of sp³-hybridized carbons (Fsp3) is 0. The summed E-state index contributed by atoms with van der Waals surface area (Å²) in [5.74, 6) is -0.731. The number of benzene rings is 2. The van der Waals surface area contributed by atoms with Gasteiger partial charge in [-0.2, -0.15) is 0 Å². The molecule has 0 spiro atoms. The molecule has 26 heavy (non-hydrogen) atoms. The van der Waals surface area contributed by atoms with E-state index in [1.54, 1.807) is 41.3 Å². The maximum atomic E-state index is 12.6. The molecular formula is C17H14AsN3O4S. The predicted molar refractivity (Wildman–Crippen MR) is 100 cm³/mol. The number of carbonyl (C=O) groups excluding carboxylic acids is 2. The molecule has 2 aromatic carbocycles. The normalized spacial score (nSPS) is 11.0. The van der Waals surface area contributed by atoms with Gasteiger partial charge < -0.3 is 0 Å². The number of amides is 1. The van der Waals surface area contributed by atoms with Crippen molar-refractivity contribution in [2.45, 2.75) is 0 Å². The fourth-order valence-corrected chi connectivity index (χ4v) is 5.31. The quantitative estimate of drug-likeness (QED) is 0.137. The number of thiophene rings is 1. The van der Waals surface area contributed by atoms with Crippen LogP contribution in [0.3, 0.4) is 0 Å². The number of nitrogens with one attached hydrogen (secondary N) is 3. The average Bonchev–Trinajstić information content (AvgIpc) is 3.10. The van der Waals surface area contributed by atoms with Gasteiger partial charge in [-0.25, -0.2) is 0 Å². The molecule has 0 aliphatic heterocycles. The van der Waals surface area contributed by atoms with Gasteiger partial charge in [0.1, 0.15) is 0 Å². The Balaban J connectivity index is 1.83. The van der Waals surface area contributed by atoms with Gasteiger partial charge in [-0.05, 0) is 0 Å². The Labute approximate surface area is 158 Å². The van der Waals surface area contributed by atoms with Crippen molar-refractivity contribution < 1.29 is 20.0 Å². The van der Waals surface area contributed by atoms with Gasteiger partial charge in [-0.3, -0.25) is 0 Å². The summed E-state index contributed by atoms with van der Waals surface area (Å²) in [5, 5.41) is 26.0. The Morgan fingerprint density at radius 1 is 1.00 bits per heavy atom. The number of carbonyl (C=O) groups is 2. The van der Waals surface area contributed by atoms with Crippen LogP contribution < -0.4 is 15.3 Å². The zero-order chi connectivity index (χ0) is 18.7. The van der Waals surface area contributed by atoms with Crippen LogP contribution >= 0.6 is 11.3 Å². The monoisotopic (exact) mass is 431 g/mol. The molecule has 9 heteroatoms. The molecule has 3 rings (SSSR count). The number of hydrogen-bond acceptors (Lipinski definition) is 6. The van der Waals surface area contributed by atoms with Crippen molar-refractivity contribution in [3.05, 3.63) is 64.5 Å². The molecule has 3 aromatic rings. The van der Waals surface area contributed by atoms with Crippen molar-refractivity contribution in [2.75, 3.05) is 0 Å². The van der Waals surface area contributed by atoms with Gasteiger partial charge in [0.05, 0.1) is 0 Å². The van der Waals surface area contributed by atoms with Crippen LogP contribution in [-0.2, 0) is 0 Å². The van der Waals surface area contributed by atoms with Crippen LogP contribution in [0, 0.1) is 5.41 Å². The number of fused-ring (bicyclic) bond motifs is 1. The summed E-state index contributed by atoms with van der Waals surface area (Å²) in [7, 11) is 0. The van der Waals surface area contributed by atoms with Gasteiger partial charge in [0.25, 0.3) is 0 Å². The van der Waals surface area contributed by atoms with Crippen LogP contribution in [0.2, 0.25) is 0 Å². The van der Waals surface area contributed by atoms with E-state index in [2.05, 4.69) is 0 Å². The van der Waals surface area contributed by atoms with E-state index >= 15 is 0 Å². The van der Waals surface area contributed by atoms with Gasteiger partial charge in [0, 0.05) is 0 Å².